The van der Waals surface area contributed by atoms with E-state index in [0.717, 1.165) is 28.7 Å². The largest absolute Gasteiger partial charge is 0.220 e. The summed E-state index contributed by atoms with van der Waals surface area (Å²) in [6, 6.07) is 12.5. The first-order valence-electron chi connectivity index (χ1n) is 6.43. The minimum atomic E-state index is 0.651. The second kappa shape index (κ2) is 5.94. The van der Waals surface area contributed by atoms with Crippen LogP contribution in [0.5, 0.6) is 0 Å². The molecule has 0 N–H and O–H groups in total. The summed E-state index contributed by atoms with van der Waals surface area (Å²) in [5.41, 5.74) is 1.99. The zero-order chi connectivity index (χ0) is 13.9. The number of alkyl halides is 1. The fourth-order valence-corrected chi connectivity index (χ4v) is 2.65. The Labute approximate surface area is 130 Å². The van der Waals surface area contributed by atoms with Crippen LogP contribution in [0.2, 0.25) is 0 Å². The first-order valence-corrected chi connectivity index (χ1v) is 7.76. The van der Waals surface area contributed by atoms with Crippen LogP contribution < -0.4 is 0 Å². The minimum Gasteiger partial charge on any atom is -0.220 e. The number of benzene rings is 2. The van der Waals surface area contributed by atoms with Crippen molar-refractivity contribution < 1.29 is 0 Å². The normalized spacial score (nSPS) is 11.1. The number of fused-ring (bicyclic) bond motifs is 1. The van der Waals surface area contributed by atoms with Crippen LogP contribution in [-0.2, 0) is 6.42 Å². The third kappa shape index (κ3) is 2.86. The second-order valence-electron chi connectivity index (χ2n) is 4.62. The van der Waals surface area contributed by atoms with Crippen LogP contribution in [0.4, 0.5) is 0 Å². The van der Waals surface area contributed by atoms with Crippen LogP contribution in [0, 0.1) is 0 Å². The molecular weight excluding hydrogens is 338 g/mol. The molecule has 5 heteroatoms. The van der Waals surface area contributed by atoms with Crippen molar-refractivity contribution in [2.75, 3.05) is 5.88 Å². The number of aryl methyl sites for hydroxylation is 1. The highest BCUT2D eigenvalue weighted by atomic mass is 79.9. The van der Waals surface area contributed by atoms with Gasteiger partial charge in [-0.1, -0.05) is 33.3 Å². The summed E-state index contributed by atoms with van der Waals surface area (Å²) in [4.78, 5) is 0. The van der Waals surface area contributed by atoms with Gasteiger partial charge >= 0.3 is 0 Å². The van der Waals surface area contributed by atoms with E-state index >= 15 is 0 Å². The van der Waals surface area contributed by atoms with Gasteiger partial charge in [0.1, 0.15) is 0 Å². The SMILES string of the molecule is ClCCCc1cn(-c2ccc3cc(Br)ccc3c2)nn1. The van der Waals surface area contributed by atoms with Gasteiger partial charge in [0, 0.05) is 10.4 Å². The lowest BCUT2D eigenvalue weighted by atomic mass is 10.1. The van der Waals surface area contributed by atoms with Gasteiger partial charge in [0.2, 0.25) is 0 Å². The van der Waals surface area contributed by atoms with Gasteiger partial charge in [0.15, 0.2) is 0 Å². The van der Waals surface area contributed by atoms with Gasteiger partial charge in [-0.05, 0) is 47.9 Å². The molecule has 0 fully saturated rings. The number of aromatic nitrogens is 3. The van der Waals surface area contributed by atoms with E-state index in [4.69, 9.17) is 11.6 Å². The van der Waals surface area contributed by atoms with Crippen molar-refractivity contribution in [2.24, 2.45) is 0 Å². The van der Waals surface area contributed by atoms with Crippen molar-refractivity contribution in [3.05, 3.63) is 52.8 Å². The van der Waals surface area contributed by atoms with Gasteiger partial charge in [0.25, 0.3) is 0 Å². The summed E-state index contributed by atoms with van der Waals surface area (Å²) in [5, 5.41) is 10.7. The zero-order valence-corrected chi connectivity index (χ0v) is 13.1. The molecule has 2 aromatic carbocycles. The van der Waals surface area contributed by atoms with Gasteiger partial charge in [-0.2, -0.15) is 0 Å². The predicted octanol–water partition coefficient (Wildman–Crippen LogP) is 4.35. The second-order valence-corrected chi connectivity index (χ2v) is 5.92. The predicted molar refractivity (Wildman–Crippen MR) is 85.6 cm³/mol. The molecule has 0 saturated carbocycles. The van der Waals surface area contributed by atoms with Gasteiger partial charge in [-0.3, -0.25) is 0 Å². The van der Waals surface area contributed by atoms with Gasteiger partial charge in [0.05, 0.1) is 17.6 Å². The van der Waals surface area contributed by atoms with E-state index < -0.39 is 0 Å². The summed E-state index contributed by atoms with van der Waals surface area (Å²) in [7, 11) is 0. The third-order valence-corrected chi connectivity index (χ3v) is 3.92. The highest BCUT2D eigenvalue weighted by Gasteiger charge is 2.04. The lowest BCUT2D eigenvalue weighted by Crippen LogP contribution is -1.94. The molecule has 0 aliphatic carbocycles. The van der Waals surface area contributed by atoms with E-state index in [1.54, 1.807) is 0 Å². The Bertz CT molecular complexity index is 739. The number of hydrogen-bond donors (Lipinski definition) is 0. The summed E-state index contributed by atoms with van der Waals surface area (Å²) < 4.78 is 2.90. The van der Waals surface area contributed by atoms with E-state index in [1.165, 1.54) is 10.8 Å². The molecule has 0 amide bonds. The smallest absolute Gasteiger partial charge is 0.0832 e. The Hall–Kier alpha value is -1.39. The maximum Gasteiger partial charge on any atom is 0.0832 e. The molecule has 0 bridgehead atoms. The van der Waals surface area contributed by atoms with E-state index in [1.807, 2.05) is 16.9 Å². The van der Waals surface area contributed by atoms with E-state index in [-0.39, 0.29) is 0 Å². The molecule has 0 radical (unpaired) electrons. The summed E-state index contributed by atoms with van der Waals surface area (Å²) in [6.07, 6.45) is 3.75. The summed E-state index contributed by atoms with van der Waals surface area (Å²) in [5.74, 6) is 0.651. The molecule has 3 nitrogen and oxygen atoms in total. The van der Waals surface area contributed by atoms with Crippen molar-refractivity contribution in [1.82, 2.24) is 15.0 Å². The van der Waals surface area contributed by atoms with Crippen molar-refractivity contribution in [2.45, 2.75) is 12.8 Å². The molecule has 0 aliphatic heterocycles. The maximum atomic E-state index is 5.69. The Morgan fingerprint density at radius 1 is 1.10 bits per heavy atom. The monoisotopic (exact) mass is 349 g/mol. The van der Waals surface area contributed by atoms with Crippen LogP contribution in [0.15, 0.2) is 47.1 Å². The van der Waals surface area contributed by atoms with Gasteiger partial charge in [-0.15, -0.1) is 16.7 Å². The number of halogens is 2. The average molecular weight is 351 g/mol. The molecule has 1 aromatic heterocycles. The number of hydrogen-bond acceptors (Lipinski definition) is 2. The van der Waals surface area contributed by atoms with Gasteiger partial charge < -0.3 is 0 Å². The van der Waals surface area contributed by atoms with Crippen molar-refractivity contribution >= 4 is 38.3 Å². The van der Waals surface area contributed by atoms with Crippen LogP contribution in [0.1, 0.15) is 12.1 Å². The fraction of sp³-hybridized carbons (Fsp3) is 0.200. The Morgan fingerprint density at radius 2 is 1.90 bits per heavy atom. The lowest BCUT2D eigenvalue weighted by molar-refractivity contribution is 0.793. The van der Waals surface area contributed by atoms with E-state index in [9.17, 15) is 0 Å². The highest BCUT2D eigenvalue weighted by Crippen LogP contribution is 2.22. The molecule has 0 saturated heterocycles. The molecule has 0 atom stereocenters. The highest BCUT2D eigenvalue weighted by molar-refractivity contribution is 9.10. The number of rotatable bonds is 4. The summed E-state index contributed by atoms with van der Waals surface area (Å²) >= 11 is 9.18. The zero-order valence-electron chi connectivity index (χ0n) is 10.8. The quantitative estimate of drug-likeness (QED) is 0.655. The summed E-state index contributed by atoms with van der Waals surface area (Å²) in [6.45, 7) is 0. The van der Waals surface area contributed by atoms with Crippen LogP contribution in [0.3, 0.4) is 0 Å². The number of nitrogens with zero attached hydrogens (tertiary/aromatic N) is 3. The molecule has 1 heterocycles. The molecule has 0 aliphatic rings. The topological polar surface area (TPSA) is 30.7 Å². The van der Waals surface area contributed by atoms with Crippen LogP contribution in [-0.4, -0.2) is 20.9 Å². The molecule has 20 heavy (non-hydrogen) atoms. The van der Waals surface area contributed by atoms with E-state index in [2.05, 4.69) is 56.6 Å². The molecule has 0 spiro atoms. The van der Waals surface area contributed by atoms with Crippen LogP contribution >= 0.6 is 27.5 Å². The maximum absolute atomic E-state index is 5.69. The Morgan fingerprint density at radius 3 is 2.75 bits per heavy atom. The van der Waals surface area contributed by atoms with Gasteiger partial charge in [-0.25, -0.2) is 4.68 Å². The fourth-order valence-electron chi connectivity index (χ4n) is 2.13. The van der Waals surface area contributed by atoms with Crippen molar-refractivity contribution in [3.8, 4) is 5.69 Å². The van der Waals surface area contributed by atoms with Crippen LogP contribution in [0.25, 0.3) is 16.5 Å². The first-order chi connectivity index (χ1) is 9.76. The minimum absolute atomic E-state index is 0.651. The Balaban J connectivity index is 1.93. The molecule has 0 unspecified atom stereocenters. The van der Waals surface area contributed by atoms with E-state index in [0.29, 0.717) is 5.88 Å². The standard InChI is InChI=1S/C15H13BrClN3/c16-13-5-3-12-9-15(6-4-11(12)8-13)20-10-14(18-19-20)2-1-7-17/h3-6,8-10H,1-2,7H2. The molecular formula is C15H13BrClN3. The molecule has 3 aromatic rings. The molecule has 3 rings (SSSR count). The van der Waals surface area contributed by atoms with Crippen molar-refractivity contribution in [3.63, 3.8) is 0 Å². The average Bonchev–Trinajstić information content (AvgIpc) is 2.93. The van der Waals surface area contributed by atoms with Crippen molar-refractivity contribution in [1.29, 1.82) is 0 Å². The first kappa shape index (κ1) is 13.6. The molecule has 102 valence electrons. The third-order valence-electron chi connectivity index (χ3n) is 3.16. The Kier molecular flexibility index (Phi) is 4.03. The lowest BCUT2D eigenvalue weighted by Gasteiger charge is -2.03.